The van der Waals surface area contributed by atoms with Gasteiger partial charge in [-0.2, -0.15) is 0 Å². The number of rotatable bonds is 4. The summed E-state index contributed by atoms with van der Waals surface area (Å²) in [6.45, 7) is 6.18. The Morgan fingerprint density at radius 1 is 1.69 bits per heavy atom. The Bertz CT molecular complexity index is 173. The highest BCUT2D eigenvalue weighted by atomic mass is 16.4. The van der Waals surface area contributed by atoms with Gasteiger partial charge in [0, 0.05) is 32.1 Å². The lowest BCUT2D eigenvalue weighted by Gasteiger charge is -2.31. The SMILES string of the molecule is C[C@@H]1CN(CCCC(=O)O)CCN1. The zero-order valence-corrected chi connectivity index (χ0v) is 8.12. The van der Waals surface area contributed by atoms with Crippen molar-refractivity contribution in [3.8, 4) is 0 Å². The number of carbonyl (C=O) groups is 1. The number of hydrogen-bond donors (Lipinski definition) is 2. The van der Waals surface area contributed by atoms with Crippen molar-refractivity contribution in [2.45, 2.75) is 25.8 Å². The Hall–Kier alpha value is -0.610. The van der Waals surface area contributed by atoms with Crippen molar-refractivity contribution in [3.05, 3.63) is 0 Å². The van der Waals surface area contributed by atoms with Gasteiger partial charge in [-0.3, -0.25) is 4.79 Å². The average Bonchev–Trinajstić information content (AvgIpc) is 2.03. The van der Waals surface area contributed by atoms with Crippen LogP contribution in [0.1, 0.15) is 19.8 Å². The summed E-state index contributed by atoms with van der Waals surface area (Å²) in [5.41, 5.74) is 0. The van der Waals surface area contributed by atoms with Crippen molar-refractivity contribution in [1.29, 1.82) is 0 Å². The second-order valence-corrected chi connectivity index (χ2v) is 3.65. The van der Waals surface area contributed by atoms with Gasteiger partial charge in [-0.05, 0) is 19.9 Å². The minimum atomic E-state index is -0.691. The van der Waals surface area contributed by atoms with Crippen LogP contribution in [0.2, 0.25) is 0 Å². The summed E-state index contributed by atoms with van der Waals surface area (Å²) in [7, 11) is 0. The summed E-state index contributed by atoms with van der Waals surface area (Å²) in [6.07, 6.45) is 1.06. The molecule has 4 nitrogen and oxygen atoms in total. The van der Waals surface area contributed by atoms with Crippen molar-refractivity contribution in [2.24, 2.45) is 0 Å². The van der Waals surface area contributed by atoms with Gasteiger partial charge in [0.2, 0.25) is 0 Å². The molecule has 0 bridgehead atoms. The molecule has 0 aromatic heterocycles. The van der Waals surface area contributed by atoms with Crippen LogP contribution >= 0.6 is 0 Å². The maximum atomic E-state index is 10.3. The first-order valence-electron chi connectivity index (χ1n) is 4.86. The maximum absolute atomic E-state index is 10.3. The Morgan fingerprint density at radius 3 is 3.08 bits per heavy atom. The lowest BCUT2D eigenvalue weighted by molar-refractivity contribution is -0.137. The minimum absolute atomic E-state index is 0.290. The van der Waals surface area contributed by atoms with Crippen molar-refractivity contribution in [3.63, 3.8) is 0 Å². The smallest absolute Gasteiger partial charge is 0.303 e. The van der Waals surface area contributed by atoms with Crippen LogP contribution in [0.4, 0.5) is 0 Å². The molecule has 0 aromatic rings. The molecule has 0 unspecified atom stereocenters. The van der Waals surface area contributed by atoms with Crippen LogP contribution in [-0.4, -0.2) is 48.2 Å². The number of carboxylic acid groups (broad SMARTS) is 1. The molecular weight excluding hydrogens is 168 g/mol. The van der Waals surface area contributed by atoms with Gasteiger partial charge in [-0.15, -0.1) is 0 Å². The molecule has 1 rings (SSSR count). The Morgan fingerprint density at radius 2 is 2.46 bits per heavy atom. The van der Waals surface area contributed by atoms with E-state index in [9.17, 15) is 4.79 Å². The van der Waals surface area contributed by atoms with Crippen molar-refractivity contribution in [2.75, 3.05) is 26.2 Å². The molecule has 76 valence electrons. The third kappa shape index (κ3) is 4.24. The Kier molecular flexibility index (Phi) is 4.18. The second-order valence-electron chi connectivity index (χ2n) is 3.65. The molecule has 0 spiro atoms. The Labute approximate surface area is 78.9 Å². The molecule has 0 radical (unpaired) electrons. The second kappa shape index (κ2) is 5.19. The van der Waals surface area contributed by atoms with Gasteiger partial charge in [-0.1, -0.05) is 0 Å². The summed E-state index contributed by atoms with van der Waals surface area (Å²) >= 11 is 0. The van der Waals surface area contributed by atoms with Gasteiger partial charge >= 0.3 is 5.97 Å². The number of piperazine rings is 1. The van der Waals surface area contributed by atoms with E-state index in [0.29, 0.717) is 6.04 Å². The van der Waals surface area contributed by atoms with Crippen LogP contribution in [0.3, 0.4) is 0 Å². The molecule has 13 heavy (non-hydrogen) atoms. The monoisotopic (exact) mass is 186 g/mol. The number of carboxylic acids is 1. The van der Waals surface area contributed by atoms with Gasteiger partial charge in [0.15, 0.2) is 0 Å². The van der Waals surface area contributed by atoms with E-state index in [1.54, 1.807) is 0 Å². The standard InChI is InChI=1S/C9H18N2O2/c1-8-7-11(6-4-10-8)5-2-3-9(12)13/h8,10H,2-7H2,1H3,(H,12,13)/t8-/m1/s1. The quantitative estimate of drug-likeness (QED) is 0.656. The summed E-state index contributed by atoms with van der Waals surface area (Å²) < 4.78 is 0. The number of nitrogens with zero attached hydrogens (tertiary/aromatic N) is 1. The van der Waals surface area contributed by atoms with Crippen molar-refractivity contribution >= 4 is 5.97 Å². The summed E-state index contributed by atoms with van der Waals surface area (Å²) in [4.78, 5) is 12.6. The van der Waals surface area contributed by atoms with E-state index in [1.807, 2.05) is 0 Å². The fourth-order valence-corrected chi connectivity index (χ4v) is 1.67. The molecule has 1 atom stereocenters. The molecule has 0 aliphatic carbocycles. The van der Waals surface area contributed by atoms with Crippen molar-refractivity contribution in [1.82, 2.24) is 10.2 Å². The first kappa shape index (κ1) is 10.5. The number of nitrogens with one attached hydrogen (secondary N) is 1. The lowest BCUT2D eigenvalue weighted by atomic mass is 10.2. The third-order valence-corrected chi connectivity index (χ3v) is 2.32. The zero-order valence-electron chi connectivity index (χ0n) is 8.12. The molecule has 1 aliphatic heterocycles. The van der Waals surface area contributed by atoms with Crippen LogP contribution < -0.4 is 5.32 Å². The molecule has 2 N–H and O–H groups in total. The largest absolute Gasteiger partial charge is 0.481 e. The topological polar surface area (TPSA) is 52.6 Å². The van der Waals surface area contributed by atoms with E-state index < -0.39 is 5.97 Å². The summed E-state index contributed by atoms with van der Waals surface area (Å²) in [6, 6.07) is 0.540. The maximum Gasteiger partial charge on any atom is 0.303 e. The molecule has 4 heteroatoms. The van der Waals surface area contributed by atoms with E-state index in [4.69, 9.17) is 5.11 Å². The van der Waals surface area contributed by atoms with E-state index in [2.05, 4.69) is 17.1 Å². The van der Waals surface area contributed by atoms with Gasteiger partial charge in [-0.25, -0.2) is 0 Å². The first-order valence-corrected chi connectivity index (χ1v) is 4.86. The molecule has 1 saturated heterocycles. The fourth-order valence-electron chi connectivity index (χ4n) is 1.67. The van der Waals surface area contributed by atoms with Gasteiger partial charge in [0.05, 0.1) is 0 Å². The Balaban J connectivity index is 2.10. The number of hydrogen-bond acceptors (Lipinski definition) is 3. The predicted octanol–water partition coefficient (Wildman–Crippen LogP) is 0.145. The highest BCUT2D eigenvalue weighted by Gasteiger charge is 2.14. The molecule has 1 aliphatic rings. The highest BCUT2D eigenvalue weighted by molar-refractivity contribution is 5.66. The van der Waals surface area contributed by atoms with Gasteiger partial charge in [0.25, 0.3) is 0 Å². The van der Waals surface area contributed by atoms with Crippen molar-refractivity contribution < 1.29 is 9.90 Å². The summed E-state index contributed by atoms with van der Waals surface area (Å²) in [5.74, 6) is -0.691. The predicted molar refractivity (Wildman–Crippen MR) is 50.8 cm³/mol. The van der Waals surface area contributed by atoms with Crippen LogP contribution in [0.15, 0.2) is 0 Å². The van der Waals surface area contributed by atoms with Gasteiger partial charge in [0.1, 0.15) is 0 Å². The molecule has 1 fully saturated rings. The van der Waals surface area contributed by atoms with Crippen LogP contribution in [0.5, 0.6) is 0 Å². The zero-order chi connectivity index (χ0) is 9.68. The molecule has 0 saturated carbocycles. The minimum Gasteiger partial charge on any atom is -0.481 e. The summed E-state index contributed by atoms with van der Waals surface area (Å²) in [5, 5.41) is 11.8. The third-order valence-electron chi connectivity index (χ3n) is 2.32. The average molecular weight is 186 g/mol. The molecule has 0 amide bonds. The van der Waals surface area contributed by atoms with Gasteiger partial charge < -0.3 is 15.3 Å². The normalized spacial score (nSPS) is 24.5. The molecule has 0 aromatic carbocycles. The van der Waals surface area contributed by atoms with Crippen LogP contribution in [0.25, 0.3) is 0 Å². The highest BCUT2D eigenvalue weighted by Crippen LogP contribution is 2.00. The first-order chi connectivity index (χ1) is 6.18. The number of aliphatic carboxylic acids is 1. The van der Waals surface area contributed by atoms with Crippen LogP contribution in [0, 0.1) is 0 Å². The van der Waals surface area contributed by atoms with E-state index >= 15 is 0 Å². The molecular formula is C9H18N2O2. The molecule has 1 heterocycles. The van der Waals surface area contributed by atoms with E-state index in [1.165, 1.54) is 0 Å². The fraction of sp³-hybridized carbons (Fsp3) is 0.889. The van der Waals surface area contributed by atoms with E-state index in [0.717, 1.165) is 32.6 Å². The van der Waals surface area contributed by atoms with Crippen LogP contribution in [-0.2, 0) is 4.79 Å². The van der Waals surface area contributed by atoms with E-state index in [-0.39, 0.29) is 6.42 Å². The lowest BCUT2D eigenvalue weighted by Crippen LogP contribution is -2.49.